The molecule has 20 heavy (non-hydrogen) atoms. The van der Waals surface area contributed by atoms with Crippen LogP contribution in [0.5, 0.6) is 0 Å². The monoisotopic (exact) mass is 296 g/mol. The Morgan fingerprint density at radius 2 is 1.80 bits per heavy atom. The molecule has 0 radical (unpaired) electrons. The molecule has 104 valence electrons. The Hall–Kier alpha value is -2.14. The van der Waals surface area contributed by atoms with E-state index in [1.807, 2.05) is 0 Å². The highest BCUT2D eigenvalue weighted by atomic mass is 35.5. The number of para-hydroxylation sites is 1. The van der Waals surface area contributed by atoms with Crippen molar-refractivity contribution in [2.75, 3.05) is 17.7 Å². The molecule has 0 aliphatic heterocycles. The third-order valence-corrected chi connectivity index (χ3v) is 2.93. The number of hydrogen-bond acceptors (Lipinski definition) is 2. The van der Waals surface area contributed by atoms with Gasteiger partial charge < -0.3 is 10.6 Å². The third kappa shape index (κ3) is 2.88. The molecule has 0 saturated carbocycles. The fraction of sp³-hybridized carbons (Fsp3) is 0.0714. The Labute approximate surface area is 119 Å². The summed E-state index contributed by atoms with van der Waals surface area (Å²) in [5.74, 6) is -2.33. The lowest BCUT2D eigenvalue weighted by molar-refractivity contribution is 0.102. The standard InChI is InChI=1S/C14H11ClF2N2O/c1-18-12-6-5-8(15)7-9(12)14(20)19-13-10(16)3-2-4-11(13)17/h2-7,18H,1H3,(H,19,20). The fourth-order valence-corrected chi connectivity index (χ4v) is 1.89. The first kappa shape index (κ1) is 14.3. The van der Waals surface area contributed by atoms with Crippen LogP contribution in [-0.2, 0) is 0 Å². The summed E-state index contributed by atoms with van der Waals surface area (Å²) in [5.41, 5.74) is 0.214. The van der Waals surface area contributed by atoms with Crippen LogP contribution in [0.1, 0.15) is 10.4 Å². The van der Waals surface area contributed by atoms with E-state index in [0.717, 1.165) is 12.1 Å². The molecule has 0 spiro atoms. The third-order valence-electron chi connectivity index (χ3n) is 2.70. The molecule has 2 aromatic carbocycles. The van der Waals surface area contributed by atoms with Crippen molar-refractivity contribution < 1.29 is 13.6 Å². The van der Waals surface area contributed by atoms with E-state index in [4.69, 9.17) is 11.6 Å². The number of anilines is 2. The number of rotatable bonds is 3. The Bertz CT molecular complexity index is 641. The van der Waals surface area contributed by atoms with E-state index in [9.17, 15) is 13.6 Å². The molecule has 0 atom stereocenters. The largest absolute Gasteiger partial charge is 0.387 e. The number of carbonyl (C=O) groups is 1. The van der Waals surface area contributed by atoms with Gasteiger partial charge in [-0.05, 0) is 30.3 Å². The zero-order valence-corrected chi connectivity index (χ0v) is 11.3. The van der Waals surface area contributed by atoms with Gasteiger partial charge >= 0.3 is 0 Å². The van der Waals surface area contributed by atoms with Crippen molar-refractivity contribution in [1.29, 1.82) is 0 Å². The molecule has 3 nitrogen and oxygen atoms in total. The second kappa shape index (κ2) is 5.88. The van der Waals surface area contributed by atoms with E-state index >= 15 is 0 Å². The maximum Gasteiger partial charge on any atom is 0.257 e. The second-order valence-electron chi connectivity index (χ2n) is 3.99. The van der Waals surface area contributed by atoms with Crippen LogP contribution in [0.2, 0.25) is 5.02 Å². The Balaban J connectivity index is 2.35. The highest BCUT2D eigenvalue weighted by Gasteiger charge is 2.16. The minimum absolute atomic E-state index is 0.197. The summed E-state index contributed by atoms with van der Waals surface area (Å²) in [4.78, 5) is 12.1. The van der Waals surface area contributed by atoms with Gasteiger partial charge in [-0.25, -0.2) is 8.78 Å². The quantitative estimate of drug-likeness (QED) is 0.901. The molecular formula is C14H11ClF2N2O. The van der Waals surface area contributed by atoms with Crippen LogP contribution in [-0.4, -0.2) is 13.0 Å². The van der Waals surface area contributed by atoms with Gasteiger partial charge in [-0.2, -0.15) is 0 Å². The summed E-state index contributed by atoms with van der Waals surface area (Å²) >= 11 is 5.83. The molecule has 1 amide bonds. The van der Waals surface area contributed by atoms with E-state index < -0.39 is 23.2 Å². The first-order chi connectivity index (χ1) is 9.52. The summed E-state index contributed by atoms with van der Waals surface area (Å²) in [6, 6.07) is 7.98. The van der Waals surface area contributed by atoms with Gasteiger partial charge in [0.2, 0.25) is 0 Å². The van der Waals surface area contributed by atoms with Gasteiger partial charge in [0.15, 0.2) is 0 Å². The average molecular weight is 297 g/mol. The average Bonchev–Trinajstić information content (AvgIpc) is 2.43. The van der Waals surface area contributed by atoms with Crippen LogP contribution < -0.4 is 10.6 Å². The van der Waals surface area contributed by atoms with Gasteiger partial charge in [0.1, 0.15) is 17.3 Å². The van der Waals surface area contributed by atoms with Crippen LogP contribution in [0, 0.1) is 11.6 Å². The van der Waals surface area contributed by atoms with E-state index in [1.54, 1.807) is 19.2 Å². The van der Waals surface area contributed by atoms with Gasteiger partial charge in [0.25, 0.3) is 5.91 Å². The van der Waals surface area contributed by atoms with Crippen molar-refractivity contribution >= 4 is 28.9 Å². The minimum atomic E-state index is -0.841. The summed E-state index contributed by atoms with van der Waals surface area (Å²) in [6.45, 7) is 0. The molecule has 0 aliphatic rings. The molecule has 0 aliphatic carbocycles. The van der Waals surface area contributed by atoms with Crippen LogP contribution in [0.3, 0.4) is 0 Å². The lowest BCUT2D eigenvalue weighted by atomic mass is 10.1. The lowest BCUT2D eigenvalue weighted by Gasteiger charge is -2.11. The maximum absolute atomic E-state index is 13.5. The molecule has 0 bridgehead atoms. The number of amides is 1. The molecule has 0 unspecified atom stereocenters. The van der Waals surface area contributed by atoms with Crippen LogP contribution in [0.25, 0.3) is 0 Å². The molecule has 0 fully saturated rings. The second-order valence-corrected chi connectivity index (χ2v) is 4.43. The first-order valence-electron chi connectivity index (χ1n) is 5.75. The van der Waals surface area contributed by atoms with Crippen LogP contribution in [0.4, 0.5) is 20.2 Å². The topological polar surface area (TPSA) is 41.1 Å². The molecule has 0 heterocycles. The smallest absolute Gasteiger partial charge is 0.257 e. The SMILES string of the molecule is CNc1ccc(Cl)cc1C(=O)Nc1c(F)cccc1F. The highest BCUT2D eigenvalue weighted by Crippen LogP contribution is 2.23. The molecule has 2 N–H and O–H groups in total. The zero-order chi connectivity index (χ0) is 14.7. The van der Waals surface area contributed by atoms with Crippen molar-refractivity contribution in [3.8, 4) is 0 Å². The van der Waals surface area contributed by atoms with Crippen molar-refractivity contribution in [1.82, 2.24) is 0 Å². The molecular weight excluding hydrogens is 286 g/mol. The van der Waals surface area contributed by atoms with Crippen molar-refractivity contribution in [2.45, 2.75) is 0 Å². The van der Waals surface area contributed by atoms with E-state index in [1.165, 1.54) is 12.1 Å². The van der Waals surface area contributed by atoms with Gasteiger partial charge in [0.05, 0.1) is 5.56 Å². The first-order valence-corrected chi connectivity index (χ1v) is 6.13. The zero-order valence-electron chi connectivity index (χ0n) is 10.5. The van der Waals surface area contributed by atoms with E-state index in [-0.39, 0.29) is 5.56 Å². The number of nitrogens with one attached hydrogen (secondary N) is 2. The number of hydrogen-bond donors (Lipinski definition) is 2. The van der Waals surface area contributed by atoms with Crippen LogP contribution in [0.15, 0.2) is 36.4 Å². The Morgan fingerprint density at radius 1 is 1.15 bits per heavy atom. The predicted octanol–water partition coefficient (Wildman–Crippen LogP) is 3.91. The summed E-state index contributed by atoms with van der Waals surface area (Å²) in [6.07, 6.45) is 0. The van der Waals surface area contributed by atoms with E-state index in [2.05, 4.69) is 10.6 Å². The molecule has 0 saturated heterocycles. The van der Waals surface area contributed by atoms with Crippen molar-refractivity contribution in [2.24, 2.45) is 0 Å². The predicted molar refractivity (Wildman–Crippen MR) is 75.3 cm³/mol. The Morgan fingerprint density at radius 3 is 2.40 bits per heavy atom. The fourth-order valence-electron chi connectivity index (χ4n) is 1.72. The molecule has 6 heteroatoms. The van der Waals surface area contributed by atoms with Gasteiger partial charge in [-0.1, -0.05) is 17.7 Å². The summed E-state index contributed by atoms with van der Waals surface area (Å²) < 4.78 is 27.0. The minimum Gasteiger partial charge on any atom is -0.387 e. The highest BCUT2D eigenvalue weighted by molar-refractivity contribution is 6.31. The summed E-state index contributed by atoms with van der Waals surface area (Å²) in [5, 5.41) is 5.37. The maximum atomic E-state index is 13.5. The van der Waals surface area contributed by atoms with Crippen molar-refractivity contribution in [3.05, 3.63) is 58.6 Å². The number of benzene rings is 2. The van der Waals surface area contributed by atoms with E-state index in [0.29, 0.717) is 10.7 Å². The molecule has 2 rings (SSSR count). The lowest BCUT2D eigenvalue weighted by Crippen LogP contribution is -2.16. The normalized spacial score (nSPS) is 10.2. The number of halogens is 3. The molecule has 2 aromatic rings. The van der Waals surface area contributed by atoms with Crippen molar-refractivity contribution in [3.63, 3.8) is 0 Å². The number of carbonyl (C=O) groups excluding carboxylic acids is 1. The van der Waals surface area contributed by atoms with Gasteiger partial charge in [0, 0.05) is 17.8 Å². The van der Waals surface area contributed by atoms with Crippen LogP contribution >= 0.6 is 11.6 Å². The van der Waals surface area contributed by atoms with Gasteiger partial charge in [-0.3, -0.25) is 4.79 Å². The molecule has 0 aromatic heterocycles. The van der Waals surface area contributed by atoms with Gasteiger partial charge in [-0.15, -0.1) is 0 Å². The summed E-state index contributed by atoms with van der Waals surface area (Å²) in [7, 11) is 1.63. The Kier molecular flexibility index (Phi) is 4.20.